The lowest BCUT2D eigenvalue weighted by molar-refractivity contribution is -0.151. The predicted octanol–water partition coefficient (Wildman–Crippen LogP) is 3.76. The summed E-state index contributed by atoms with van der Waals surface area (Å²) in [6.07, 6.45) is 0.868. The van der Waals surface area contributed by atoms with Crippen LogP contribution in [0.4, 0.5) is 10.2 Å². The minimum atomic E-state index is -0.929. The molecule has 0 saturated carbocycles. The topological polar surface area (TPSA) is 83.7 Å². The minimum absolute atomic E-state index is 0.248. The summed E-state index contributed by atoms with van der Waals surface area (Å²) < 4.78 is 30.7. The summed E-state index contributed by atoms with van der Waals surface area (Å²) >= 11 is 0. The van der Waals surface area contributed by atoms with Crippen LogP contribution in [0.1, 0.15) is 24.0 Å². The molecule has 2 heterocycles. The molecule has 1 saturated heterocycles. The Bertz CT molecular complexity index is 1080. The Hall–Kier alpha value is -3.19. The van der Waals surface area contributed by atoms with Gasteiger partial charge in [0.05, 0.1) is 18.0 Å². The number of carbonyl (C=O) groups is 1. The van der Waals surface area contributed by atoms with Crippen LogP contribution in [0, 0.1) is 5.82 Å². The SMILES string of the molecule is COC(=O)C1(c2cc(F)cc(OCc3ccc4nc(N)ccc4c3)c2)CCOCC1. The monoisotopic (exact) mass is 410 g/mol. The third kappa shape index (κ3) is 3.93. The van der Waals surface area contributed by atoms with Crippen LogP contribution >= 0.6 is 0 Å². The third-order valence-corrected chi connectivity index (χ3v) is 5.53. The third-order valence-electron chi connectivity index (χ3n) is 5.53. The van der Waals surface area contributed by atoms with Crippen molar-refractivity contribution in [2.24, 2.45) is 0 Å². The molecular weight excluding hydrogens is 387 g/mol. The van der Waals surface area contributed by atoms with E-state index in [9.17, 15) is 9.18 Å². The number of ether oxygens (including phenoxy) is 3. The Morgan fingerprint density at radius 2 is 1.97 bits per heavy atom. The minimum Gasteiger partial charge on any atom is -0.489 e. The molecule has 2 N–H and O–H groups in total. The van der Waals surface area contributed by atoms with Crippen LogP contribution in [0.3, 0.4) is 0 Å². The number of rotatable bonds is 5. The summed E-state index contributed by atoms with van der Waals surface area (Å²) in [5.41, 5.74) is 7.04. The van der Waals surface area contributed by atoms with Crippen molar-refractivity contribution in [1.82, 2.24) is 4.98 Å². The first kappa shape index (κ1) is 20.1. The molecule has 1 aliphatic rings. The molecule has 0 unspecified atom stereocenters. The second kappa shape index (κ2) is 8.28. The second-order valence-corrected chi connectivity index (χ2v) is 7.41. The van der Waals surface area contributed by atoms with Crippen LogP contribution in [-0.4, -0.2) is 31.3 Å². The second-order valence-electron chi connectivity index (χ2n) is 7.41. The van der Waals surface area contributed by atoms with Gasteiger partial charge in [0.2, 0.25) is 0 Å². The van der Waals surface area contributed by atoms with Crippen molar-refractivity contribution in [3.8, 4) is 5.75 Å². The van der Waals surface area contributed by atoms with E-state index in [0.717, 1.165) is 16.5 Å². The Morgan fingerprint density at radius 1 is 1.17 bits per heavy atom. The van der Waals surface area contributed by atoms with E-state index >= 15 is 0 Å². The van der Waals surface area contributed by atoms with Crippen molar-refractivity contribution in [2.45, 2.75) is 24.9 Å². The number of esters is 1. The van der Waals surface area contributed by atoms with E-state index in [1.165, 1.54) is 19.2 Å². The van der Waals surface area contributed by atoms with Crippen LogP contribution in [-0.2, 0) is 26.3 Å². The van der Waals surface area contributed by atoms with Crippen molar-refractivity contribution >= 4 is 22.7 Å². The molecule has 0 radical (unpaired) electrons. The number of benzene rings is 2. The molecule has 0 amide bonds. The van der Waals surface area contributed by atoms with Crippen molar-refractivity contribution < 1.29 is 23.4 Å². The molecule has 7 heteroatoms. The average molecular weight is 410 g/mol. The normalized spacial score (nSPS) is 15.7. The lowest BCUT2D eigenvalue weighted by Crippen LogP contribution is -2.42. The number of halogens is 1. The van der Waals surface area contributed by atoms with E-state index < -0.39 is 11.2 Å². The van der Waals surface area contributed by atoms with Gasteiger partial charge < -0.3 is 19.9 Å². The van der Waals surface area contributed by atoms with E-state index in [-0.39, 0.29) is 12.6 Å². The summed E-state index contributed by atoms with van der Waals surface area (Å²) in [5, 5.41) is 0.942. The van der Waals surface area contributed by atoms with Crippen LogP contribution in [0.2, 0.25) is 0 Å². The lowest BCUT2D eigenvalue weighted by atomic mass is 9.74. The highest BCUT2D eigenvalue weighted by Gasteiger charge is 2.43. The first-order chi connectivity index (χ1) is 14.5. The zero-order valence-corrected chi connectivity index (χ0v) is 16.7. The fourth-order valence-corrected chi connectivity index (χ4v) is 3.90. The summed E-state index contributed by atoms with van der Waals surface area (Å²) in [5.74, 6) is -0.0270. The highest BCUT2D eigenvalue weighted by Crippen LogP contribution is 2.38. The number of methoxy groups -OCH3 is 1. The summed E-state index contributed by atoms with van der Waals surface area (Å²) in [6.45, 7) is 1.08. The Balaban J connectivity index is 1.59. The fraction of sp³-hybridized carbons (Fsp3) is 0.304. The first-order valence-electron chi connectivity index (χ1n) is 9.75. The standard InChI is InChI=1S/C23H23FN2O4/c1-28-22(27)23(6-8-29-9-7-23)17-11-18(24)13-19(12-17)30-14-15-2-4-20-16(10-15)3-5-21(25)26-20/h2-5,10-13H,6-9,14H2,1H3,(H2,25,26). The van der Waals surface area contributed by atoms with Gasteiger partial charge in [0.25, 0.3) is 0 Å². The maximum atomic E-state index is 14.4. The van der Waals surface area contributed by atoms with Gasteiger partial charge in [-0.1, -0.05) is 6.07 Å². The molecule has 1 fully saturated rings. The molecule has 0 bridgehead atoms. The molecule has 6 nitrogen and oxygen atoms in total. The van der Waals surface area contributed by atoms with E-state index in [1.807, 2.05) is 24.3 Å². The first-order valence-corrected chi connectivity index (χ1v) is 9.75. The van der Waals surface area contributed by atoms with Crippen LogP contribution in [0.25, 0.3) is 10.9 Å². The highest BCUT2D eigenvalue weighted by molar-refractivity contribution is 5.83. The number of carbonyl (C=O) groups excluding carboxylic acids is 1. The van der Waals surface area contributed by atoms with Gasteiger partial charge in [-0.25, -0.2) is 9.37 Å². The van der Waals surface area contributed by atoms with Crippen LogP contribution in [0.5, 0.6) is 5.75 Å². The van der Waals surface area contributed by atoms with Crippen molar-refractivity contribution in [3.63, 3.8) is 0 Å². The molecule has 0 atom stereocenters. The number of nitrogens with zero attached hydrogens (tertiary/aromatic N) is 1. The van der Waals surface area contributed by atoms with Crippen molar-refractivity contribution in [3.05, 3.63) is 65.5 Å². The van der Waals surface area contributed by atoms with Gasteiger partial charge >= 0.3 is 5.97 Å². The number of aromatic nitrogens is 1. The number of pyridine rings is 1. The van der Waals surface area contributed by atoms with E-state index in [0.29, 0.717) is 43.2 Å². The number of nitrogen functional groups attached to an aromatic ring is 1. The molecule has 0 spiro atoms. The smallest absolute Gasteiger partial charge is 0.316 e. The van der Waals surface area contributed by atoms with Gasteiger partial charge in [0.1, 0.15) is 24.0 Å². The molecule has 30 heavy (non-hydrogen) atoms. The molecule has 0 aliphatic carbocycles. The molecule has 1 aliphatic heterocycles. The average Bonchev–Trinajstić information content (AvgIpc) is 2.77. The van der Waals surface area contributed by atoms with E-state index in [4.69, 9.17) is 19.9 Å². The van der Waals surface area contributed by atoms with Gasteiger partial charge in [-0.05, 0) is 60.4 Å². The van der Waals surface area contributed by atoms with Gasteiger partial charge in [0, 0.05) is 24.7 Å². The predicted molar refractivity (Wildman–Crippen MR) is 111 cm³/mol. The number of fused-ring (bicyclic) bond motifs is 1. The summed E-state index contributed by atoms with van der Waals surface area (Å²) in [6, 6.07) is 13.8. The maximum Gasteiger partial charge on any atom is 0.316 e. The van der Waals surface area contributed by atoms with Gasteiger partial charge in [-0.3, -0.25) is 4.79 Å². The number of anilines is 1. The van der Waals surface area contributed by atoms with Crippen molar-refractivity contribution in [2.75, 3.05) is 26.1 Å². The summed E-state index contributed by atoms with van der Waals surface area (Å²) in [4.78, 5) is 16.9. The molecule has 156 valence electrons. The maximum absolute atomic E-state index is 14.4. The van der Waals surface area contributed by atoms with Crippen molar-refractivity contribution in [1.29, 1.82) is 0 Å². The zero-order valence-electron chi connectivity index (χ0n) is 16.7. The number of hydrogen-bond donors (Lipinski definition) is 1. The quantitative estimate of drug-likeness (QED) is 0.645. The Labute approximate surface area is 173 Å². The number of hydrogen-bond acceptors (Lipinski definition) is 6. The molecule has 2 aromatic carbocycles. The van der Waals surface area contributed by atoms with Gasteiger partial charge in [0.15, 0.2) is 0 Å². The fourth-order valence-electron chi connectivity index (χ4n) is 3.90. The molecular formula is C23H23FN2O4. The van der Waals surface area contributed by atoms with Gasteiger partial charge in [-0.2, -0.15) is 0 Å². The molecule has 3 aromatic rings. The largest absolute Gasteiger partial charge is 0.489 e. The number of nitrogens with two attached hydrogens (primary N) is 1. The van der Waals surface area contributed by atoms with E-state index in [2.05, 4.69) is 4.98 Å². The lowest BCUT2D eigenvalue weighted by Gasteiger charge is -2.35. The van der Waals surface area contributed by atoms with Crippen LogP contribution < -0.4 is 10.5 Å². The van der Waals surface area contributed by atoms with Gasteiger partial charge in [-0.15, -0.1) is 0 Å². The zero-order chi connectivity index (χ0) is 21.1. The Kier molecular flexibility index (Phi) is 5.55. The van der Waals surface area contributed by atoms with E-state index in [1.54, 1.807) is 12.1 Å². The highest BCUT2D eigenvalue weighted by atomic mass is 19.1. The molecule has 4 rings (SSSR count). The van der Waals surface area contributed by atoms with Crippen LogP contribution in [0.15, 0.2) is 48.5 Å². The Morgan fingerprint density at radius 3 is 2.73 bits per heavy atom. The molecule has 1 aromatic heterocycles. The summed E-state index contributed by atoms with van der Waals surface area (Å²) in [7, 11) is 1.35.